The van der Waals surface area contributed by atoms with Crippen molar-refractivity contribution in [1.29, 1.82) is 0 Å². The van der Waals surface area contributed by atoms with E-state index in [0.29, 0.717) is 70.7 Å². The van der Waals surface area contributed by atoms with Crippen LogP contribution in [0.25, 0.3) is 64.9 Å². The fraction of sp³-hybridized carbons (Fsp3) is 0.500. The van der Waals surface area contributed by atoms with Gasteiger partial charge in [0, 0.05) is 60.2 Å². The number of benzene rings is 4. The summed E-state index contributed by atoms with van der Waals surface area (Å²) in [6.45, 7) is 5.03. The highest BCUT2D eigenvalue weighted by atomic mass is 79.9. The number of nitrogens with two attached hydrogens (primary N) is 1. The fourth-order valence-corrected chi connectivity index (χ4v) is 10.6. The Labute approximate surface area is 356 Å². The molecule has 0 saturated heterocycles. The van der Waals surface area contributed by atoms with E-state index in [-0.39, 0.29) is 13.1 Å². The number of hydrogen-bond donors (Lipinski definition) is 2. The lowest BCUT2D eigenvalue weighted by atomic mass is 9.90. The number of nitrogen functional groups attached to an aromatic ring is 1. The van der Waals surface area contributed by atoms with Crippen molar-refractivity contribution in [2.24, 2.45) is 0 Å². The van der Waals surface area contributed by atoms with Crippen LogP contribution in [0.15, 0.2) is 58.5 Å². The Morgan fingerprint density at radius 3 is 1.40 bits per heavy atom. The molecule has 0 saturated carbocycles. The first-order chi connectivity index (χ1) is 28.2. The van der Waals surface area contributed by atoms with Crippen LogP contribution in [0.2, 0.25) is 0 Å². The predicted octanol–water partition coefficient (Wildman–Crippen LogP) is 12.8. The van der Waals surface area contributed by atoms with Gasteiger partial charge in [-0.2, -0.15) is 0 Å². The Balaban J connectivity index is 1.35. The summed E-state index contributed by atoms with van der Waals surface area (Å²) >= 11 is 7.45. The number of hydrogen-bond acceptors (Lipinski definition) is 5. The highest BCUT2D eigenvalue weighted by Gasteiger charge is 2.30. The minimum atomic E-state index is -0.419. The van der Waals surface area contributed by atoms with Gasteiger partial charge in [-0.1, -0.05) is 148 Å². The number of fused-ring (bicyclic) bond motifs is 4. The van der Waals surface area contributed by atoms with Crippen LogP contribution in [0.3, 0.4) is 0 Å². The summed E-state index contributed by atoms with van der Waals surface area (Å²) in [5, 5.41) is 4.97. The van der Waals surface area contributed by atoms with Gasteiger partial charge in [0.05, 0.1) is 27.1 Å². The first-order valence-electron chi connectivity index (χ1n) is 22.1. The molecule has 0 radical (unpaired) electrons. The van der Waals surface area contributed by atoms with Crippen molar-refractivity contribution in [2.75, 3.05) is 5.73 Å². The van der Waals surface area contributed by atoms with E-state index in [0.717, 1.165) is 60.2 Å². The van der Waals surface area contributed by atoms with Gasteiger partial charge < -0.3 is 10.7 Å². The number of pyridine rings is 3. The molecule has 0 spiro atoms. The molecule has 0 fully saturated rings. The van der Waals surface area contributed by atoms with Crippen molar-refractivity contribution in [3.63, 3.8) is 0 Å². The van der Waals surface area contributed by atoms with Gasteiger partial charge in [0.25, 0.3) is 22.2 Å². The zero-order valence-corrected chi connectivity index (χ0v) is 37.5. The third-order valence-corrected chi connectivity index (χ3v) is 14.7. The topological polar surface area (TPSA) is 120 Å². The molecule has 308 valence electrons. The average molecular weight is 915 g/mol. The largest absolute Gasteiger partial charge is 0.398 e. The molecule has 0 amide bonds. The van der Waals surface area contributed by atoms with Gasteiger partial charge in [0.15, 0.2) is 0 Å². The molecular weight excluding hydrogens is 856 g/mol. The first kappa shape index (κ1) is 42.4. The second-order valence-electron chi connectivity index (χ2n) is 16.6. The smallest absolute Gasteiger partial charge is 0.263 e. The summed E-state index contributed by atoms with van der Waals surface area (Å²) in [7, 11) is 0. The molecule has 0 aliphatic heterocycles. The highest BCUT2D eigenvalue weighted by Crippen LogP contribution is 2.45. The van der Waals surface area contributed by atoms with E-state index in [1.807, 2.05) is 30.3 Å². The predicted molar refractivity (Wildman–Crippen MR) is 253 cm³/mol. The van der Waals surface area contributed by atoms with Crippen molar-refractivity contribution >= 4 is 102 Å². The van der Waals surface area contributed by atoms with Gasteiger partial charge in [-0.3, -0.25) is 28.3 Å². The summed E-state index contributed by atoms with van der Waals surface area (Å²) in [6, 6.07) is 9.58. The summed E-state index contributed by atoms with van der Waals surface area (Å²) in [6.07, 6.45) is 22.8. The SMILES string of the molecule is CCCCCCCCCCCCn1c(=O)c2c(Br)c(Br)c3c(=O)n(CCCCCCCCCCCC)c(=O)c4c5c6ccc(N)c7cccc([nH]c5c(c1=O)c2c34)c76. The lowest BCUT2D eigenvalue weighted by Gasteiger charge is -2.21. The number of nitrogens with one attached hydrogen (secondary N) is 1. The molecule has 4 aromatic carbocycles. The van der Waals surface area contributed by atoms with Crippen LogP contribution in [-0.2, 0) is 13.1 Å². The van der Waals surface area contributed by atoms with E-state index in [9.17, 15) is 19.2 Å². The first-order valence-corrected chi connectivity index (χ1v) is 23.7. The standard InChI is InChI=1S/C48H58Br2N4O4/c1-3-5-7-9-11-13-15-17-19-21-28-53-45(55)38-35-31-26-27-32(51)30-24-23-25-33(34(30)31)52-44(35)41-37-36(38)39(46(53)56)42(49)43(50)40(37)47(57)54(48(41)58)29-22-20-18-16-14-12-10-8-6-4-2/h23-27,52H,3-22,28-29,51H2,1-2H3. The van der Waals surface area contributed by atoms with Gasteiger partial charge in [0.2, 0.25) is 0 Å². The Morgan fingerprint density at radius 1 is 0.466 bits per heavy atom. The van der Waals surface area contributed by atoms with E-state index in [1.54, 1.807) is 0 Å². The maximum atomic E-state index is 15.0. The van der Waals surface area contributed by atoms with Crippen LogP contribution in [0.4, 0.5) is 5.69 Å². The highest BCUT2D eigenvalue weighted by molar-refractivity contribution is 9.13. The minimum absolute atomic E-state index is 0.281. The average Bonchev–Trinajstić information content (AvgIpc) is 3.21. The van der Waals surface area contributed by atoms with Crippen LogP contribution in [-0.4, -0.2) is 14.1 Å². The van der Waals surface area contributed by atoms with E-state index >= 15 is 0 Å². The molecule has 0 atom stereocenters. The van der Waals surface area contributed by atoms with Crippen molar-refractivity contribution < 1.29 is 0 Å². The quantitative estimate of drug-likeness (QED) is 0.0304. The van der Waals surface area contributed by atoms with Crippen LogP contribution in [0.1, 0.15) is 142 Å². The van der Waals surface area contributed by atoms with E-state index in [4.69, 9.17) is 5.73 Å². The summed E-state index contributed by atoms with van der Waals surface area (Å²) < 4.78 is 3.58. The number of anilines is 1. The van der Waals surface area contributed by atoms with E-state index < -0.39 is 22.2 Å². The number of rotatable bonds is 22. The molecule has 8 nitrogen and oxygen atoms in total. The lowest BCUT2D eigenvalue weighted by molar-refractivity contribution is 0.527. The molecule has 0 aliphatic rings. The van der Waals surface area contributed by atoms with Crippen LogP contribution >= 0.6 is 31.9 Å². The van der Waals surface area contributed by atoms with Gasteiger partial charge in [0.1, 0.15) is 0 Å². The normalized spacial score (nSPS) is 12.3. The molecule has 3 heterocycles. The molecule has 3 aromatic heterocycles. The number of aromatic amines is 1. The number of aromatic nitrogens is 3. The van der Waals surface area contributed by atoms with Crippen molar-refractivity contribution in [3.8, 4) is 0 Å². The Hall–Kier alpha value is -3.76. The Morgan fingerprint density at radius 2 is 0.897 bits per heavy atom. The van der Waals surface area contributed by atoms with E-state index in [2.05, 4.69) is 50.7 Å². The zero-order valence-electron chi connectivity index (χ0n) is 34.3. The monoisotopic (exact) mass is 912 g/mol. The third kappa shape index (κ3) is 7.96. The Bertz CT molecular complexity index is 2810. The van der Waals surface area contributed by atoms with Crippen molar-refractivity contribution in [2.45, 2.75) is 155 Å². The number of halogens is 2. The van der Waals surface area contributed by atoms with Crippen LogP contribution < -0.4 is 28.0 Å². The molecule has 7 aromatic rings. The number of H-pyrrole nitrogens is 1. The minimum Gasteiger partial charge on any atom is -0.398 e. The fourth-order valence-electron chi connectivity index (χ4n) is 9.43. The van der Waals surface area contributed by atoms with E-state index in [1.165, 1.54) is 86.2 Å². The summed E-state index contributed by atoms with van der Waals surface area (Å²) in [4.78, 5) is 62.6. The summed E-state index contributed by atoms with van der Waals surface area (Å²) in [5.41, 5.74) is 6.70. The van der Waals surface area contributed by atoms with Gasteiger partial charge >= 0.3 is 0 Å². The zero-order chi connectivity index (χ0) is 40.9. The van der Waals surface area contributed by atoms with Gasteiger partial charge in [-0.25, -0.2) is 0 Å². The molecule has 10 heteroatoms. The second kappa shape index (κ2) is 19.1. The molecular formula is C48H58Br2N4O4. The maximum absolute atomic E-state index is 15.0. The third-order valence-electron chi connectivity index (χ3n) is 12.5. The molecule has 0 unspecified atom stereocenters. The maximum Gasteiger partial charge on any atom is 0.263 e. The van der Waals surface area contributed by atoms with Gasteiger partial charge in [-0.15, -0.1) is 0 Å². The van der Waals surface area contributed by atoms with Gasteiger partial charge in [-0.05, 0) is 62.2 Å². The number of unbranched alkanes of at least 4 members (excludes halogenated alkanes) is 18. The van der Waals surface area contributed by atoms with Crippen LogP contribution in [0.5, 0.6) is 0 Å². The van der Waals surface area contributed by atoms with Crippen LogP contribution in [0, 0.1) is 0 Å². The summed E-state index contributed by atoms with van der Waals surface area (Å²) in [5.74, 6) is 0. The molecule has 3 N–H and O–H groups in total. The molecule has 0 bridgehead atoms. The second-order valence-corrected chi connectivity index (χ2v) is 18.2. The molecule has 7 rings (SSSR count). The lowest BCUT2D eigenvalue weighted by Crippen LogP contribution is -2.36. The number of nitrogens with zero attached hydrogens (tertiary/aromatic N) is 2. The molecule has 58 heavy (non-hydrogen) atoms. The Kier molecular flexibility index (Phi) is 13.9. The van der Waals surface area contributed by atoms with Crippen molar-refractivity contribution in [3.05, 3.63) is 80.7 Å². The molecule has 0 aliphatic carbocycles. The van der Waals surface area contributed by atoms with Crippen molar-refractivity contribution in [1.82, 2.24) is 14.1 Å².